The molecule has 1 unspecified atom stereocenters. The molecule has 2 aliphatic rings. The van der Waals surface area contributed by atoms with Crippen molar-refractivity contribution in [1.82, 2.24) is 0 Å². The highest BCUT2D eigenvalue weighted by atomic mass is 31.0. The molecule has 2 heterocycles. The molecule has 1 atom stereocenters. The van der Waals surface area contributed by atoms with Gasteiger partial charge >= 0.3 is 0 Å². The van der Waals surface area contributed by atoms with Crippen LogP contribution in [-0.4, -0.2) is 20.0 Å². The van der Waals surface area contributed by atoms with Gasteiger partial charge in [0, 0.05) is 5.30 Å². The third-order valence-electron chi connectivity index (χ3n) is 3.12. The summed E-state index contributed by atoms with van der Waals surface area (Å²) in [5.74, 6) is 3.43. The van der Waals surface area contributed by atoms with E-state index < -0.39 is 0 Å². The number of aryl methyl sites for hydroxylation is 1. The Labute approximate surface area is 153 Å². The summed E-state index contributed by atoms with van der Waals surface area (Å²) in [4.78, 5) is 0. The lowest BCUT2D eigenvalue weighted by molar-refractivity contribution is 0.171. The van der Waals surface area contributed by atoms with Crippen LogP contribution in [0.15, 0.2) is 36.4 Å². The van der Waals surface area contributed by atoms with Crippen LogP contribution in [0.4, 0.5) is 0 Å². The van der Waals surface area contributed by atoms with Crippen molar-refractivity contribution in [3.63, 3.8) is 0 Å². The van der Waals surface area contributed by atoms with E-state index in [2.05, 4.69) is 9.24 Å². The Balaban J connectivity index is 0.000000210. The van der Waals surface area contributed by atoms with Crippen molar-refractivity contribution in [3.8, 4) is 23.0 Å². The zero-order chi connectivity index (χ0) is 18.7. The topological polar surface area (TPSA) is 36.9 Å². The molecule has 0 saturated carbocycles. The third-order valence-corrected chi connectivity index (χ3v) is 3.58. The van der Waals surface area contributed by atoms with Gasteiger partial charge in [0.15, 0.2) is 23.0 Å². The van der Waals surface area contributed by atoms with E-state index in [-0.39, 0.29) is 0 Å². The Morgan fingerprint density at radius 2 is 1.44 bits per heavy atom. The first-order valence-electron chi connectivity index (χ1n) is 8.74. The molecule has 4 nitrogen and oxygen atoms in total. The summed E-state index contributed by atoms with van der Waals surface area (Å²) in [5, 5.41) is 1.05. The van der Waals surface area contributed by atoms with Crippen LogP contribution in [0, 0.1) is 6.92 Å². The number of hydrogen-bond acceptors (Lipinski definition) is 4. The fourth-order valence-electron chi connectivity index (χ4n) is 2.10. The fourth-order valence-corrected chi connectivity index (χ4v) is 2.44. The van der Waals surface area contributed by atoms with Gasteiger partial charge in [0.05, 0.1) is 0 Å². The number of benzene rings is 2. The van der Waals surface area contributed by atoms with Gasteiger partial charge in [0.2, 0.25) is 6.79 Å². The molecule has 0 spiro atoms. The molecule has 4 rings (SSSR count). The first-order chi connectivity index (χ1) is 12.2. The average molecular weight is 364 g/mol. The summed E-state index contributed by atoms with van der Waals surface area (Å²) in [6, 6.07) is 11.8. The molecular weight excluding hydrogens is 335 g/mol. The van der Waals surface area contributed by atoms with E-state index in [4.69, 9.17) is 18.9 Å². The lowest BCUT2D eigenvalue weighted by atomic mass is 10.2. The summed E-state index contributed by atoms with van der Waals surface area (Å²) in [6.45, 7) is 11.7. The molecule has 0 fully saturated rings. The van der Waals surface area contributed by atoms with Crippen molar-refractivity contribution in [1.29, 1.82) is 0 Å². The molecule has 138 valence electrons. The smallest absolute Gasteiger partial charge is 0.231 e. The summed E-state index contributed by atoms with van der Waals surface area (Å²) in [5.41, 5.74) is 1.20. The zero-order valence-electron chi connectivity index (χ0n) is 15.8. The second-order valence-corrected chi connectivity index (χ2v) is 5.35. The maximum Gasteiger partial charge on any atom is 0.231 e. The highest BCUT2D eigenvalue weighted by molar-refractivity contribution is 7.27. The highest BCUT2D eigenvalue weighted by Crippen LogP contribution is 2.31. The van der Waals surface area contributed by atoms with Crippen LogP contribution < -0.4 is 24.3 Å². The predicted molar refractivity (Wildman–Crippen MR) is 107 cm³/mol. The first-order valence-corrected chi connectivity index (χ1v) is 9.32. The molecule has 5 heteroatoms. The SMILES string of the molecule is CC.CC.Cc1ccc2c(c1)OCCO2.Pc1cccc2c1OCO2. The Hall–Kier alpha value is -1.93. The van der Waals surface area contributed by atoms with Gasteiger partial charge in [-0.2, -0.15) is 0 Å². The first kappa shape index (κ1) is 21.1. The normalized spacial score (nSPS) is 12.4. The van der Waals surface area contributed by atoms with Gasteiger partial charge in [0.25, 0.3) is 0 Å². The van der Waals surface area contributed by atoms with Crippen LogP contribution >= 0.6 is 9.24 Å². The molecule has 0 N–H and O–H groups in total. The van der Waals surface area contributed by atoms with E-state index in [1.165, 1.54) is 5.56 Å². The minimum absolute atomic E-state index is 0.348. The lowest BCUT2D eigenvalue weighted by Crippen LogP contribution is -2.15. The van der Waals surface area contributed by atoms with Gasteiger partial charge in [-0.15, -0.1) is 9.24 Å². The van der Waals surface area contributed by atoms with Crippen molar-refractivity contribution in [2.24, 2.45) is 0 Å². The van der Waals surface area contributed by atoms with Gasteiger partial charge in [-0.1, -0.05) is 45.9 Å². The second kappa shape index (κ2) is 11.6. The minimum atomic E-state index is 0.348. The van der Waals surface area contributed by atoms with Crippen molar-refractivity contribution < 1.29 is 18.9 Å². The van der Waals surface area contributed by atoms with Crippen molar-refractivity contribution in [2.75, 3.05) is 20.0 Å². The van der Waals surface area contributed by atoms with Crippen molar-refractivity contribution in [3.05, 3.63) is 42.0 Å². The molecular formula is C20H29O4P. The summed E-state index contributed by atoms with van der Waals surface area (Å²) >= 11 is 0. The maximum atomic E-state index is 5.38. The van der Waals surface area contributed by atoms with Gasteiger partial charge in [-0.05, 0) is 30.7 Å². The minimum Gasteiger partial charge on any atom is -0.486 e. The van der Waals surface area contributed by atoms with E-state index in [0.29, 0.717) is 20.0 Å². The molecule has 0 bridgehead atoms. The monoisotopic (exact) mass is 364 g/mol. The molecule has 0 saturated heterocycles. The molecule has 0 amide bonds. The van der Waals surface area contributed by atoms with E-state index >= 15 is 0 Å². The average Bonchev–Trinajstić information content (AvgIpc) is 3.16. The van der Waals surface area contributed by atoms with Crippen LogP contribution in [0.1, 0.15) is 33.3 Å². The van der Waals surface area contributed by atoms with E-state index in [1.807, 2.05) is 71.0 Å². The second-order valence-electron chi connectivity index (χ2n) is 4.73. The summed E-state index contributed by atoms with van der Waals surface area (Å²) in [7, 11) is 2.60. The van der Waals surface area contributed by atoms with Gasteiger partial charge in [0.1, 0.15) is 13.2 Å². The van der Waals surface area contributed by atoms with E-state index in [9.17, 15) is 0 Å². The van der Waals surface area contributed by atoms with E-state index in [0.717, 1.165) is 28.3 Å². The summed E-state index contributed by atoms with van der Waals surface area (Å²) < 4.78 is 21.1. The third kappa shape index (κ3) is 6.13. The zero-order valence-corrected chi connectivity index (χ0v) is 17.0. The van der Waals surface area contributed by atoms with Crippen LogP contribution in [-0.2, 0) is 0 Å². The van der Waals surface area contributed by atoms with Gasteiger partial charge in [-0.25, -0.2) is 0 Å². The van der Waals surface area contributed by atoms with Crippen molar-refractivity contribution in [2.45, 2.75) is 34.6 Å². The molecule has 0 aliphatic carbocycles. The molecule has 2 aromatic rings. The van der Waals surface area contributed by atoms with Gasteiger partial charge in [-0.3, -0.25) is 0 Å². The number of ether oxygens (including phenoxy) is 4. The predicted octanol–water partition coefficient (Wildman–Crippen LogP) is 4.73. The quantitative estimate of drug-likeness (QED) is 0.633. The van der Waals surface area contributed by atoms with Gasteiger partial charge < -0.3 is 18.9 Å². The van der Waals surface area contributed by atoms with E-state index in [1.54, 1.807) is 0 Å². The number of rotatable bonds is 0. The molecule has 0 aromatic heterocycles. The lowest BCUT2D eigenvalue weighted by Gasteiger charge is -2.18. The van der Waals surface area contributed by atoms with Crippen LogP contribution in [0.25, 0.3) is 0 Å². The Morgan fingerprint density at radius 1 is 0.760 bits per heavy atom. The fraction of sp³-hybridized carbons (Fsp3) is 0.400. The maximum absolute atomic E-state index is 5.38. The molecule has 0 radical (unpaired) electrons. The number of hydrogen-bond donors (Lipinski definition) is 0. The molecule has 2 aromatic carbocycles. The highest BCUT2D eigenvalue weighted by Gasteiger charge is 2.13. The molecule has 2 aliphatic heterocycles. The number of para-hydroxylation sites is 1. The van der Waals surface area contributed by atoms with Crippen molar-refractivity contribution >= 4 is 14.5 Å². The van der Waals surface area contributed by atoms with Crippen LogP contribution in [0.5, 0.6) is 23.0 Å². The largest absolute Gasteiger partial charge is 0.486 e. The van der Waals surface area contributed by atoms with Crippen LogP contribution in [0.3, 0.4) is 0 Å². The summed E-state index contributed by atoms with van der Waals surface area (Å²) in [6.07, 6.45) is 0. The van der Waals surface area contributed by atoms with Crippen LogP contribution in [0.2, 0.25) is 0 Å². The Kier molecular flexibility index (Phi) is 9.79. The number of fused-ring (bicyclic) bond motifs is 2. The molecule has 25 heavy (non-hydrogen) atoms. The Morgan fingerprint density at radius 3 is 2.12 bits per heavy atom. The Bertz CT molecular complexity index is 644. The standard InChI is InChI=1S/C9H10O2.C7H7O2P.2C2H6/c1-7-2-3-8-9(6-7)11-5-4-10-8;10-6-3-1-2-5-7(6)9-4-8-5;2*1-2/h2-3,6H,4-5H2,1H3;1-3H,4,10H2;2*1-2H3.